The second-order valence-electron chi connectivity index (χ2n) is 8.44. The van der Waals surface area contributed by atoms with E-state index in [-0.39, 0.29) is 22.9 Å². The second kappa shape index (κ2) is 12.0. The quantitative estimate of drug-likeness (QED) is 0.469. The molecule has 0 amide bonds. The topological polar surface area (TPSA) is 76.5 Å². The Morgan fingerprint density at radius 1 is 1.31 bits per heavy atom. The Labute approximate surface area is 202 Å². The van der Waals surface area contributed by atoms with Gasteiger partial charge < -0.3 is 19.5 Å². The van der Waals surface area contributed by atoms with Gasteiger partial charge >= 0.3 is 0 Å². The molecule has 0 unspecified atom stereocenters. The molecule has 0 bridgehead atoms. The van der Waals surface area contributed by atoms with E-state index in [2.05, 4.69) is 10.3 Å². The number of sulfone groups is 1. The van der Waals surface area contributed by atoms with Crippen LogP contribution in [-0.2, 0) is 33.4 Å². The lowest BCUT2D eigenvalue weighted by molar-refractivity contribution is 0.172. The maximum absolute atomic E-state index is 13.3. The molecular formula is C22H33ClN4O3S2. The molecule has 0 saturated carbocycles. The number of nitrogens with one attached hydrogen (secondary N) is 1. The van der Waals surface area contributed by atoms with E-state index >= 15 is 0 Å². The van der Waals surface area contributed by atoms with Crippen LogP contribution in [0.3, 0.4) is 0 Å². The number of hydrogen-bond donors (Lipinski definition) is 1. The van der Waals surface area contributed by atoms with Gasteiger partial charge in [0.15, 0.2) is 5.11 Å². The van der Waals surface area contributed by atoms with Crippen LogP contribution in [0.5, 0.6) is 0 Å². The maximum Gasteiger partial charge on any atom is 0.228 e. The molecular weight excluding hydrogens is 468 g/mol. The summed E-state index contributed by atoms with van der Waals surface area (Å²) in [5, 5.41) is 4.41. The Balaban J connectivity index is 2.38. The van der Waals surface area contributed by atoms with Crippen molar-refractivity contribution in [3.63, 3.8) is 0 Å². The zero-order valence-electron chi connectivity index (χ0n) is 19.3. The summed E-state index contributed by atoms with van der Waals surface area (Å²) in [5.74, 6) is 0.0688. The summed E-state index contributed by atoms with van der Waals surface area (Å²) in [6.07, 6.45) is 1.63. The first-order valence-corrected chi connectivity index (χ1v) is 13.0. The summed E-state index contributed by atoms with van der Waals surface area (Å²) in [4.78, 5) is 6.31. The van der Waals surface area contributed by atoms with Crippen molar-refractivity contribution in [2.75, 3.05) is 20.3 Å². The van der Waals surface area contributed by atoms with Gasteiger partial charge in [-0.2, -0.15) is 0 Å². The van der Waals surface area contributed by atoms with Gasteiger partial charge in [0.1, 0.15) is 0 Å². The maximum atomic E-state index is 13.3. The summed E-state index contributed by atoms with van der Waals surface area (Å²) in [7, 11) is -2.04. The smallest absolute Gasteiger partial charge is 0.228 e. The van der Waals surface area contributed by atoms with Crippen LogP contribution in [0, 0.1) is 5.92 Å². The zero-order chi connectivity index (χ0) is 23.9. The van der Waals surface area contributed by atoms with Crippen LogP contribution >= 0.6 is 23.8 Å². The van der Waals surface area contributed by atoms with E-state index in [4.69, 9.17) is 28.6 Å². The Morgan fingerprint density at radius 3 is 2.62 bits per heavy atom. The minimum Gasteiger partial charge on any atom is -0.383 e. The number of hydrogen-bond acceptors (Lipinski definition) is 5. The molecule has 2 rings (SSSR count). The molecule has 0 saturated heterocycles. The van der Waals surface area contributed by atoms with Crippen LogP contribution in [0.2, 0.25) is 5.02 Å². The molecule has 0 atom stereocenters. The fraction of sp³-hybridized carbons (Fsp3) is 0.545. The summed E-state index contributed by atoms with van der Waals surface area (Å²) < 4.78 is 33.6. The molecule has 7 nitrogen and oxygen atoms in total. The molecule has 0 spiro atoms. The standard InChI is InChI=1S/C22H33ClN4O3S2/c1-16(2)13-27-20(14-26(9-10-30-5)21(31)25-17(3)4)12-24-22(27)32(28,29)15-18-7-6-8-19(23)11-18/h6-8,11-12,16-17H,9-10,13-15H2,1-5H3,(H,25,31). The van der Waals surface area contributed by atoms with Crippen molar-refractivity contribution < 1.29 is 13.2 Å². The van der Waals surface area contributed by atoms with E-state index in [1.54, 1.807) is 42.1 Å². The predicted octanol–water partition coefficient (Wildman–Crippen LogP) is 3.90. The van der Waals surface area contributed by atoms with Crippen molar-refractivity contribution in [2.24, 2.45) is 5.92 Å². The van der Waals surface area contributed by atoms with E-state index in [0.717, 1.165) is 5.69 Å². The third-order valence-electron chi connectivity index (χ3n) is 4.59. The molecule has 0 radical (unpaired) electrons. The monoisotopic (exact) mass is 500 g/mol. The van der Waals surface area contributed by atoms with Crippen molar-refractivity contribution in [2.45, 2.75) is 57.7 Å². The Hall–Kier alpha value is -1.68. The van der Waals surface area contributed by atoms with Gasteiger partial charge in [0.2, 0.25) is 15.0 Å². The highest BCUT2D eigenvalue weighted by molar-refractivity contribution is 7.90. The number of rotatable bonds is 11. The lowest BCUT2D eigenvalue weighted by Gasteiger charge is -2.27. The van der Waals surface area contributed by atoms with Gasteiger partial charge in [-0.3, -0.25) is 0 Å². The third-order valence-corrected chi connectivity index (χ3v) is 6.80. The highest BCUT2D eigenvalue weighted by Crippen LogP contribution is 2.21. The molecule has 0 fully saturated rings. The first-order chi connectivity index (χ1) is 15.0. The van der Waals surface area contributed by atoms with Crippen LogP contribution in [0.4, 0.5) is 0 Å². The van der Waals surface area contributed by atoms with Crippen molar-refractivity contribution >= 4 is 38.8 Å². The molecule has 1 N–H and O–H groups in total. The summed E-state index contributed by atoms with van der Waals surface area (Å²) in [6.45, 7) is 10.2. The summed E-state index contributed by atoms with van der Waals surface area (Å²) in [6, 6.07) is 7.07. The minimum atomic E-state index is -3.68. The first kappa shape index (κ1) is 26.6. The van der Waals surface area contributed by atoms with E-state index in [0.29, 0.717) is 41.9 Å². The van der Waals surface area contributed by atoms with E-state index in [1.165, 1.54) is 0 Å². The van der Waals surface area contributed by atoms with Crippen LogP contribution in [0.25, 0.3) is 0 Å². The van der Waals surface area contributed by atoms with E-state index < -0.39 is 9.84 Å². The van der Waals surface area contributed by atoms with Crippen molar-refractivity contribution in [3.05, 3.63) is 46.7 Å². The van der Waals surface area contributed by atoms with Crippen LogP contribution < -0.4 is 5.32 Å². The fourth-order valence-corrected chi connectivity index (χ4v) is 5.32. The third kappa shape index (κ3) is 7.72. The number of halogens is 1. The summed E-state index contributed by atoms with van der Waals surface area (Å²) in [5.41, 5.74) is 1.41. The Kier molecular flexibility index (Phi) is 9.94. The van der Waals surface area contributed by atoms with Crippen molar-refractivity contribution in [1.29, 1.82) is 0 Å². The molecule has 2 aromatic rings. The van der Waals surface area contributed by atoms with Gasteiger partial charge in [-0.1, -0.05) is 37.6 Å². The molecule has 0 aliphatic rings. The molecule has 0 aliphatic carbocycles. The van der Waals surface area contributed by atoms with Crippen LogP contribution in [0.15, 0.2) is 35.6 Å². The molecule has 1 aromatic carbocycles. The lowest BCUT2D eigenvalue weighted by atomic mass is 10.2. The zero-order valence-corrected chi connectivity index (χ0v) is 21.7. The van der Waals surface area contributed by atoms with E-state index in [1.807, 2.05) is 32.6 Å². The highest BCUT2D eigenvalue weighted by Gasteiger charge is 2.25. The Bertz CT molecular complexity index is 1010. The summed E-state index contributed by atoms with van der Waals surface area (Å²) >= 11 is 11.6. The predicted molar refractivity (Wildman–Crippen MR) is 133 cm³/mol. The first-order valence-electron chi connectivity index (χ1n) is 10.6. The van der Waals surface area contributed by atoms with Gasteiger partial charge in [0.25, 0.3) is 0 Å². The second-order valence-corrected chi connectivity index (χ2v) is 11.2. The number of benzene rings is 1. The number of aromatic nitrogens is 2. The van der Waals surface area contributed by atoms with Crippen LogP contribution in [0.1, 0.15) is 39.0 Å². The molecule has 178 valence electrons. The largest absolute Gasteiger partial charge is 0.383 e. The van der Waals surface area contributed by atoms with Crippen LogP contribution in [-0.4, -0.2) is 54.3 Å². The van der Waals surface area contributed by atoms with E-state index in [9.17, 15) is 8.42 Å². The number of nitrogens with zero attached hydrogens (tertiary/aromatic N) is 3. The number of ether oxygens (including phenoxy) is 1. The van der Waals surface area contributed by atoms with Gasteiger partial charge in [0.05, 0.1) is 30.8 Å². The fourth-order valence-electron chi connectivity index (χ4n) is 3.23. The normalized spacial score (nSPS) is 11.9. The van der Waals surface area contributed by atoms with Gasteiger partial charge in [0, 0.05) is 31.3 Å². The molecule has 1 heterocycles. The highest BCUT2D eigenvalue weighted by atomic mass is 35.5. The average molecular weight is 501 g/mol. The molecule has 10 heteroatoms. The molecule has 32 heavy (non-hydrogen) atoms. The van der Waals surface area contributed by atoms with Gasteiger partial charge in [-0.05, 0) is 49.7 Å². The Morgan fingerprint density at radius 2 is 2.03 bits per heavy atom. The SMILES string of the molecule is COCCN(Cc1cnc(S(=O)(=O)Cc2cccc(Cl)c2)n1CC(C)C)C(=S)NC(C)C. The van der Waals surface area contributed by atoms with Gasteiger partial charge in [-0.15, -0.1) is 0 Å². The average Bonchev–Trinajstić information content (AvgIpc) is 3.06. The number of methoxy groups -OCH3 is 1. The molecule has 0 aliphatic heterocycles. The number of imidazole rings is 1. The lowest BCUT2D eigenvalue weighted by Crippen LogP contribution is -2.44. The van der Waals surface area contributed by atoms with Crippen molar-refractivity contribution in [3.8, 4) is 0 Å². The minimum absolute atomic E-state index is 0.0654. The number of thiocarbonyl (C=S) groups is 1. The van der Waals surface area contributed by atoms with Crippen molar-refractivity contribution in [1.82, 2.24) is 19.8 Å². The van der Waals surface area contributed by atoms with Gasteiger partial charge in [-0.25, -0.2) is 13.4 Å². The molecule has 1 aromatic heterocycles.